The van der Waals surface area contributed by atoms with Gasteiger partial charge in [0.15, 0.2) is 0 Å². The molecule has 0 bridgehead atoms. The molecule has 5 heteroatoms. The van der Waals surface area contributed by atoms with Crippen LogP contribution in [0.15, 0.2) is 36.8 Å². The van der Waals surface area contributed by atoms with Gasteiger partial charge < -0.3 is 10.3 Å². The number of amides is 1. The Hall–Kier alpha value is -2.69. The summed E-state index contributed by atoms with van der Waals surface area (Å²) in [5, 5.41) is 4.11. The number of aromatic amines is 1. The van der Waals surface area contributed by atoms with E-state index in [4.69, 9.17) is 0 Å². The number of hydrogen-bond donors (Lipinski definition) is 2. The summed E-state index contributed by atoms with van der Waals surface area (Å²) < 4.78 is 0. The number of carbonyl (C=O) groups excluding carboxylic acids is 1. The summed E-state index contributed by atoms with van der Waals surface area (Å²) in [5.41, 5.74) is 4.88. The van der Waals surface area contributed by atoms with Crippen molar-refractivity contribution in [3.05, 3.63) is 47.9 Å². The maximum Gasteiger partial charge on any atom is 0.224 e. The topological polar surface area (TPSA) is 70.7 Å². The number of benzene rings is 1. The summed E-state index contributed by atoms with van der Waals surface area (Å²) in [7, 11) is 0. The molecule has 2 heterocycles. The van der Waals surface area contributed by atoms with Crippen molar-refractivity contribution in [1.82, 2.24) is 20.3 Å². The van der Waals surface area contributed by atoms with Gasteiger partial charge in [-0.2, -0.15) is 0 Å². The van der Waals surface area contributed by atoms with E-state index in [0.29, 0.717) is 12.5 Å². The van der Waals surface area contributed by atoms with Crippen LogP contribution in [-0.4, -0.2) is 26.9 Å². The first-order chi connectivity index (χ1) is 11.2. The zero-order valence-corrected chi connectivity index (χ0v) is 13.0. The van der Waals surface area contributed by atoms with Crippen LogP contribution in [0.1, 0.15) is 24.0 Å². The summed E-state index contributed by atoms with van der Waals surface area (Å²) in [5.74, 6) is 0.103. The fourth-order valence-corrected chi connectivity index (χ4v) is 2.78. The molecule has 0 saturated heterocycles. The van der Waals surface area contributed by atoms with Crippen LogP contribution in [0.25, 0.3) is 22.3 Å². The average Bonchev–Trinajstić information content (AvgIpc) is 3.16. The van der Waals surface area contributed by atoms with Gasteiger partial charge in [0.1, 0.15) is 0 Å². The molecule has 1 saturated carbocycles. The van der Waals surface area contributed by atoms with E-state index in [-0.39, 0.29) is 5.91 Å². The van der Waals surface area contributed by atoms with E-state index < -0.39 is 0 Å². The Bertz CT molecular complexity index is 866. The Kier molecular flexibility index (Phi) is 3.33. The number of nitrogens with one attached hydrogen (secondary N) is 2. The molecule has 3 aromatic rings. The Morgan fingerprint density at radius 3 is 2.96 bits per heavy atom. The summed E-state index contributed by atoms with van der Waals surface area (Å²) >= 11 is 0. The minimum Gasteiger partial charge on any atom is -0.353 e. The quantitative estimate of drug-likeness (QED) is 0.778. The van der Waals surface area contributed by atoms with Crippen molar-refractivity contribution in [1.29, 1.82) is 0 Å². The molecule has 0 radical (unpaired) electrons. The predicted molar refractivity (Wildman–Crippen MR) is 88.9 cm³/mol. The fourth-order valence-electron chi connectivity index (χ4n) is 2.78. The molecule has 0 spiro atoms. The molecule has 0 atom stereocenters. The molecule has 1 aromatic carbocycles. The lowest BCUT2D eigenvalue weighted by atomic mass is 10.0. The molecular weight excluding hydrogens is 288 g/mol. The molecule has 4 rings (SSSR count). The van der Waals surface area contributed by atoms with Crippen LogP contribution in [0.4, 0.5) is 0 Å². The van der Waals surface area contributed by atoms with Crippen LogP contribution in [0.2, 0.25) is 0 Å². The average molecular weight is 306 g/mol. The summed E-state index contributed by atoms with van der Waals surface area (Å²) in [6.45, 7) is 2.07. The molecule has 2 aromatic heterocycles. The van der Waals surface area contributed by atoms with Gasteiger partial charge >= 0.3 is 0 Å². The van der Waals surface area contributed by atoms with Crippen molar-refractivity contribution in [3.63, 3.8) is 0 Å². The number of rotatable bonds is 4. The van der Waals surface area contributed by atoms with E-state index in [0.717, 1.165) is 46.3 Å². The third kappa shape index (κ3) is 2.95. The largest absolute Gasteiger partial charge is 0.353 e. The Morgan fingerprint density at radius 2 is 2.22 bits per heavy atom. The van der Waals surface area contributed by atoms with Crippen LogP contribution in [0.5, 0.6) is 0 Å². The second-order valence-corrected chi connectivity index (χ2v) is 6.16. The zero-order chi connectivity index (χ0) is 15.8. The van der Waals surface area contributed by atoms with E-state index in [1.54, 1.807) is 12.5 Å². The van der Waals surface area contributed by atoms with Crippen molar-refractivity contribution in [2.45, 2.75) is 32.2 Å². The molecule has 1 amide bonds. The number of nitrogens with zero attached hydrogens (tertiary/aromatic N) is 2. The molecule has 0 aliphatic heterocycles. The van der Waals surface area contributed by atoms with E-state index in [9.17, 15) is 4.79 Å². The van der Waals surface area contributed by atoms with E-state index in [2.05, 4.69) is 33.3 Å². The number of fused-ring (bicyclic) bond motifs is 1. The van der Waals surface area contributed by atoms with Crippen LogP contribution in [-0.2, 0) is 11.2 Å². The van der Waals surface area contributed by atoms with Gasteiger partial charge in [-0.05, 0) is 49.1 Å². The molecular formula is C18H18N4O. The van der Waals surface area contributed by atoms with Crippen LogP contribution >= 0.6 is 0 Å². The second-order valence-electron chi connectivity index (χ2n) is 6.16. The fraction of sp³-hybridized carbons (Fsp3) is 0.278. The maximum atomic E-state index is 12.0. The smallest absolute Gasteiger partial charge is 0.224 e. The first-order valence-electron chi connectivity index (χ1n) is 7.87. The highest BCUT2D eigenvalue weighted by Gasteiger charge is 2.23. The molecule has 116 valence electrons. The highest BCUT2D eigenvalue weighted by Crippen LogP contribution is 2.24. The lowest BCUT2D eigenvalue weighted by Crippen LogP contribution is -2.26. The predicted octanol–water partition coefficient (Wildman–Crippen LogP) is 2.75. The minimum absolute atomic E-state index is 0.103. The maximum absolute atomic E-state index is 12.0. The van der Waals surface area contributed by atoms with Crippen molar-refractivity contribution in [3.8, 4) is 11.4 Å². The summed E-state index contributed by atoms with van der Waals surface area (Å²) in [4.78, 5) is 23.8. The van der Waals surface area contributed by atoms with Gasteiger partial charge in [0, 0.05) is 11.4 Å². The highest BCUT2D eigenvalue weighted by molar-refractivity contribution is 5.87. The molecule has 2 N–H and O–H groups in total. The van der Waals surface area contributed by atoms with E-state index in [1.165, 1.54) is 0 Å². The zero-order valence-electron chi connectivity index (χ0n) is 13.0. The Labute approximate surface area is 134 Å². The summed E-state index contributed by atoms with van der Waals surface area (Å²) in [6, 6.07) is 8.49. The normalized spacial score (nSPS) is 14.1. The molecule has 1 fully saturated rings. The van der Waals surface area contributed by atoms with Crippen molar-refractivity contribution in [2.75, 3.05) is 0 Å². The van der Waals surface area contributed by atoms with Crippen LogP contribution in [0, 0.1) is 6.92 Å². The number of carbonyl (C=O) groups is 1. The van der Waals surface area contributed by atoms with Gasteiger partial charge in [0.25, 0.3) is 0 Å². The lowest BCUT2D eigenvalue weighted by Gasteiger charge is -2.08. The minimum atomic E-state index is 0.103. The standard InChI is InChI=1S/C18H18N4O/c1-11-6-16(17-9-19-10-20-17)22-15-5-2-12(7-14(11)15)8-18(23)21-13-3-4-13/h2,5-7,9-10,13H,3-4,8H2,1H3,(H,19,20)(H,21,23). The van der Waals surface area contributed by atoms with E-state index in [1.807, 2.05) is 18.2 Å². The SMILES string of the molecule is Cc1cc(-c2cnc[nH]2)nc2ccc(CC(=O)NC3CC3)cc12. The van der Waals surface area contributed by atoms with Gasteiger partial charge in [-0.15, -0.1) is 0 Å². The number of H-pyrrole nitrogens is 1. The number of hydrogen-bond acceptors (Lipinski definition) is 3. The Morgan fingerprint density at radius 1 is 1.35 bits per heavy atom. The van der Waals surface area contributed by atoms with Crippen molar-refractivity contribution in [2.24, 2.45) is 0 Å². The number of imidazole rings is 1. The van der Waals surface area contributed by atoms with Crippen LogP contribution < -0.4 is 5.32 Å². The van der Waals surface area contributed by atoms with Crippen molar-refractivity contribution >= 4 is 16.8 Å². The first-order valence-corrected chi connectivity index (χ1v) is 7.87. The number of aromatic nitrogens is 3. The third-order valence-electron chi connectivity index (χ3n) is 4.16. The van der Waals surface area contributed by atoms with Crippen molar-refractivity contribution < 1.29 is 4.79 Å². The monoisotopic (exact) mass is 306 g/mol. The lowest BCUT2D eigenvalue weighted by molar-refractivity contribution is -0.120. The second kappa shape index (κ2) is 5.50. The van der Waals surface area contributed by atoms with E-state index >= 15 is 0 Å². The number of aryl methyl sites for hydroxylation is 1. The molecule has 0 unspecified atom stereocenters. The van der Waals surface area contributed by atoms with Gasteiger partial charge in [-0.1, -0.05) is 6.07 Å². The molecule has 1 aliphatic rings. The van der Waals surface area contributed by atoms with Gasteiger partial charge in [-0.3, -0.25) is 4.79 Å². The van der Waals surface area contributed by atoms with Gasteiger partial charge in [-0.25, -0.2) is 9.97 Å². The molecule has 1 aliphatic carbocycles. The third-order valence-corrected chi connectivity index (χ3v) is 4.16. The summed E-state index contributed by atoms with van der Waals surface area (Å²) in [6.07, 6.45) is 6.07. The molecule has 5 nitrogen and oxygen atoms in total. The van der Waals surface area contributed by atoms with Crippen LogP contribution in [0.3, 0.4) is 0 Å². The first kappa shape index (κ1) is 13.9. The highest BCUT2D eigenvalue weighted by atomic mass is 16.1. The Balaban J connectivity index is 1.64. The number of pyridine rings is 1. The van der Waals surface area contributed by atoms with Gasteiger partial charge in [0.05, 0.1) is 35.8 Å². The van der Waals surface area contributed by atoms with Gasteiger partial charge in [0.2, 0.25) is 5.91 Å². The molecule has 23 heavy (non-hydrogen) atoms.